The standard InChI is InChI=1S/C12H14ClNO4/c13-6-9-1-2-11(14(15)16)12(5-9)18-8-10-3-4-17-7-10/h1-2,5,10H,3-4,6-8H2. The highest BCUT2D eigenvalue weighted by atomic mass is 35.5. The van der Waals surface area contributed by atoms with Crippen LogP contribution in [0.25, 0.3) is 0 Å². The smallest absolute Gasteiger partial charge is 0.310 e. The molecule has 0 amide bonds. The summed E-state index contributed by atoms with van der Waals surface area (Å²) in [6, 6.07) is 4.69. The van der Waals surface area contributed by atoms with Crippen molar-refractivity contribution in [2.24, 2.45) is 5.92 Å². The van der Waals surface area contributed by atoms with Gasteiger partial charge in [-0.1, -0.05) is 6.07 Å². The van der Waals surface area contributed by atoms with Crippen LogP contribution in [0.2, 0.25) is 0 Å². The van der Waals surface area contributed by atoms with Gasteiger partial charge in [0.05, 0.1) is 18.1 Å². The van der Waals surface area contributed by atoms with E-state index in [4.69, 9.17) is 21.1 Å². The fourth-order valence-corrected chi connectivity index (χ4v) is 2.00. The van der Waals surface area contributed by atoms with Gasteiger partial charge in [0.2, 0.25) is 0 Å². The van der Waals surface area contributed by atoms with E-state index in [9.17, 15) is 10.1 Å². The minimum Gasteiger partial charge on any atom is -0.486 e. The van der Waals surface area contributed by atoms with Crippen LogP contribution < -0.4 is 4.74 Å². The summed E-state index contributed by atoms with van der Waals surface area (Å²) in [6.45, 7) is 1.83. The van der Waals surface area contributed by atoms with Crippen molar-refractivity contribution in [2.45, 2.75) is 12.3 Å². The van der Waals surface area contributed by atoms with E-state index in [0.717, 1.165) is 18.6 Å². The van der Waals surface area contributed by atoms with E-state index in [-0.39, 0.29) is 11.4 Å². The summed E-state index contributed by atoms with van der Waals surface area (Å²) in [5, 5.41) is 10.9. The van der Waals surface area contributed by atoms with Gasteiger partial charge >= 0.3 is 5.69 Å². The molecule has 2 rings (SSSR count). The average Bonchev–Trinajstić information content (AvgIpc) is 2.88. The molecule has 0 bridgehead atoms. The third-order valence-corrected chi connectivity index (χ3v) is 3.18. The third-order valence-electron chi connectivity index (χ3n) is 2.87. The van der Waals surface area contributed by atoms with Crippen LogP contribution in [0.4, 0.5) is 5.69 Å². The second-order valence-corrected chi connectivity index (χ2v) is 4.50. The molecule has 1 aliphatic rings. The van der Waals surface area contributed by atoms with Crippen molar-refractivity contribution in [2.75, 3.05) is 19.8 Å². The summed E-state index contributed by atoms with van der Waals surface area (Å²) in [5.74, 6) is 0.898. The molecule has 1 heterocycles. The molecular formula is C12H14ClNO4. The van der Waals surface area contributed by atoms with Crippen molar-refractivity contribution in [3.8, 4) is 5.75 Å². The highest BCUT2D eigenvalue weighted by molar-refractivity contribution is 6.17. The molecule has 1 saturated heterocycles. The zero-order valence-electron chi connectivity index (χ0n) is 9.80. The molecule has 5 nitrogen and oxygen atoms in total. The summed E-state index contributed by atoms with van der Waals surface area (Å²) >= 11 is 5.71. The summed E-state index contributed by atoms with van der Waals surface area (Å²) in [5.41, 5.74) is 0.780. The minimum absolute atomic E-state index is 0.0252. The van der Waals surface area contributed by atoms with Crippen molar-refractivity contribution in [1.29, 1.82) is 0 Å². The molecule has 1 aliphatic heterocycles. The van der Waals surface area contributed by atoms with Crippen LogP contribution in [0.1, 0.15) is 12.0 Å². The lowest BCUT2D eigenvalue weighted by molar-refractivity contribution is -0.385. The Morgan fingerprint density at radius 2 is 2.39 bits per heavy atom. The van der Waals surface area contributed by atoms with Crippen LogP contribution in [-0.2, 0) is 10.6 Å². The Morgan fingerprint density at radius 3 is 3.00 bits per heavy atom. The number of benzene rings is 1. The molecule has 98 valence electrons. The van der Waals surface area contributed by atoms with Crippen molar-refractivity contribution in [3.05, 3.63) is 33.9 Å². The largest absolute Gasteiger partial charge is 0.486 e. The lowest BCUT2D eigenvalue weighted by Crippen LogP contribution is -2.12. The fourth-order valence-electron chi connectivity index (χ4n) is 1.83. The molecule has 0 saturated carbocycles. The van der Waals surface area contributed by atoms with Crippen LogP contribution in [0.15, 0.2) is 18.2 Å². The average molecular weight is 272 g/mol. The third kappa shape index (κ3) is 3.11. The Morgan fingerprint density at radius 1 is 1.56 bits per heavy atom. The highest BCUT2D eigenvalue weighted by Crippen LogP contribution is 2.29. The lowest BCUT2D eigenvalue weighted by atomic mass is 10.1. The Balaban J connectivity index is 2.10. The number of alkyl halides is 1. The van der Waals surface area contributed by atoms with Gasteiger partial charge in [0.1, 0.15) is 0 Å². The zero-order chi connectivity index (χ0) is 13.0. The number of halogens is 1. The molecule has 1 aromatic carbocycles. The molecule has 18 heavy (non-hydrogen) atoms. The first-order valence-electron chi connectivity index (χ1n) is 5.74. The Hall–Kier alpha value is -1.33. The first-order chi connectivity index (χ1) is 8.70. The quantitative estimate of drug-likeness (QED) is 0.469. The summed E-state index contributed by atoms with van der Waals surface area (Å²) < 4.78 is 10.8. The first kappa shape index (κ1) is 13.1. The van der Waals surface area contributed by atoms with Crippen molar-refractivity contribution < 1.29 is 14.4 Å². The van der Waals surface area contributed by atoms with E-state index < -0.39 is 4.92 Å². The van der Waals surface area contributed by atoms with Crippen LogP contribution in [-0.4, -0.2) is 24.7 Å². The van der Waals surface area contributed by atoms with Crippen LogP contribution in [0.5, 0.6) is 5.75 Å². The van der Waals surface area contributed by atoms with Gasteiger partial charge in [-0.05, 0) is 18.1 Å². The molecule has 0 spiro atoms. The minimum atomic E-state index is -0.446. The molecule has 0 aromatic heterocycles. The van der Waals surface area contributed by atoms with Crippen LogP contribution >= 0.6 is 11.6 Å². The van der Waals surface area contributed by atoms with E-state index in [1.807, 2.05) is 0 Å². The van der Waals surface area contributed by atoms with Crippen molar-refractivity contribution in [1.82, 2.24) is 0 Å². The lowest BCUT2D eigenvalue weighted by Gasteiger charge is -2.11. The van der Waals surface area contributed by atoms with E-state index in [1.165, 1.54) is 6.07 Å². The molecule has 1 fully saturated rings. The van der Waals surface area contributed by atoms with Gasteiger partial charge in [0, 0.05) is 24.5 Å². The molecule has 1 atom stereocenters. The molecule has 1 aromatic rings. The Labute approximate surface area is 110 Å². The van der Waals surface area contributed by atoms with Gasteiger partial charge in [0.15, 0.2) is 5.75 Å². The molecule has 6 heteroatoms. The molecule has 0 radical (unpaired) electrons. The summed E-state index contributed by atoms with van der Waals surface area (Å²) in [6.07, 6.45) is 0.934. The van der Waals surface area contributed by atoms with Gasteiger partial charge in [0.25, 0.3) is 0 Å². The second-order valence-electron chi connectivity index (χ2n) is 4.23. The van der Waals surface area contributed by atoms with Crippen LogP contribution in [0, 0.1) is 16.0 Å². The van der Waals surface area contributed by atoms with E-state index in [2.05, 4.69) is 0 Å². The SMILES string of the molecule is O=[N+]([O-])c1ccc(CCl)cc1OCC1CCOC1. The van der Waals surface area contributed by atoms with Gasteiger partial charge in [-0.25, -0.2) is 0 Å². The monoisotopic (exact) mass is 271 g/mol. The summed E-state index contributed by atoms with van der Waals surface area (Å²) in [4.78, 5) is 10.4. The predicted octanol–water partition coefficient (Wildman–Crippen LogP) is 2.75. The van der Waals surface area contributed by atoms with Gasteiger partial charge in [-0.15, -0.1) is 11.6 Å². The Kier molecular flexibility index (Phi) is 4.38. The van der Waals surface area contributed by atoms with E-state index in [0.29, 0.717) is 25.0 Å². The number of nitrogens with zero attached hydrogens (tertiary/aromatic N) is 1. The molecular weight excluding hydrogens is 258 g/mol. The molecule has 0 aliphatic carbocycles. The maximum atomic E-state index is 10.9. The first-order valence-corrected chi connectivity index (χ1v) is 6.28. The topological polar surface area (TPSA) is 61.6 Å². The summed E-state index contributed by atoms with van der Waals surface area (Å²) in [7, 11) is 0. The van der Waals surface area contributed by atoms with Crippen LogP contribution in [0.3, 0.4) is 0 Å². The second kappa shape index (κ2) is 6.02. The number of nitro benzene ring substituents is 1. The predicted molar refractivity (Wildman–Crippen MR) is 67.1 cm³/mol. The number of nitro groups is 1. The van der Waals surface area contributed by atoms with Gasteiger partial charge in [-0.3, -0.25) is 10.1 Å². The van der Waals surface area contributed by atoms with Crippen molar-refractivity contribution in [3.63, 3.8) is 0 Å². The maximum absolute atomic E-state index is 10.9. The number of hydrogen-bond acceptors (Lipinski definition) is 4. The number of ether oxygens (including phenoxy) is 2. The van der Waals surface area contributed by atoms with Gasteiger partial charge < -0.3 is 9.47 Å². The zero-order valence-corrected chi connectivity index (χ0v) is 10.6. The van der Waals surface area contributed by atoms with E-state index >= 15 is 0 Å². The van der Waals surface area contributed by atoms with Crippen molar-refractivity contribution >= 4 is 17.3 Å². The molecule has 1 unspecified atom stereocenters. The highest BCUT2D eigenvalue weighted by Gasteiger charge is 2.20. The maximum Gasteiger partial charge on any atom is 0.310 e. The number of hydrogen-bond donors (Lipinski definition) is 0. The van der Waals surface area contributed by atoms with E-state index in [1.54, 1.807) is 12.1 Å². The number of rotatable bonds is 5. The Bertz CT molecular complexity index is 432. The molecule has 0 N–H and O–H groups in total. The van der Waals surface area contributed by atoms with Gasteiger partial charge in [-0.2, -0.15) is 0 Å². The fraction of sp³-hybridized carbons (Fsp3) is 0.500. The normalized spacial score (nSPS) is 18.8.